The molecule has 0 saturated carbocycles. The second-order valence-electron chi connectivity index (χ2n) is 5.72. The largest absolute Gasteiger partial charge is 0.400 e. The van der Waals surface area contributed by atoms with Crippen molar-refractivity contribution in [3.8, 4) is 18.2 Å². The van der Waals surface area contributed by atoms with Gasteiger partial charge >= 0.3 is 0 Å². The van der Waals surface area contributed by atoms with Crippen molar-refractivity contribution >= 4 is 12.1 Å². The highest BCUT2D eigenvalue weighted by Crippen LogP contribution is 2.58. The SMILES string of the molecule is C[C@H]1C(C=O)=C(N)[C@](C#N)(CC(=O)c2ccccc2)C1(C#N)C#N. The van der Waals surface area contributed by atoms with E-state index in [-0.39, 0.29) is 11.3 Å². The van der Waals surface area contributed by atoms with Crippen LogP contribution < -0.4 is 5.73 Å². The molecule has 118 valence electrons. The second-order valence-corrected chi connectivity index (χ2v) is 5.72. The number of nitriles is 3. The molecule has 0 saturated heterocycles. The number of carbonyl (C=O) groups excluding carboxylic acids is 2. The first-order valence-corrected chi connectivity index (χ1v) is 7.21. The topological polar surface area (TPSA) is 132 Å². The molecule has 1 aromatic rings. The van der Waals surface area contributed by atoms with Crippen molar-refractivity contribution < 1.29 is 9.59 Å². The normalized spacial score (nSPS) is 24.5. The van der Waals surface area contributed by atoms with Gasteiger partial charge in [0.2, 0.25) is 0 Å². The van der Waals surface area contributed by atoms with Gasteiger partial charge in [-0.25, -0.2) is 0 Å². The lowest BCUT2D eigenvalue weighted by atomic mass is 9.60. The molecular formula is C18H14N4O2. The van der Waals surface area contributed by atoms with Crippen LogP contribution in [-0.2, 0) is 4.79 Å². The van der Waals surface area contributed by atoms with Crippen molar-refractivity contribution in [2.45, 2.75) is 13.3 Å². The van der Waals surface area contributed by atoms with Gasteiger partial charge in [-0.2, -0.15) is 15.8 Å². The maximum Gasteiger partial charge on any atom is 0.174 e. The van der Waals surface area contributed by atoms with Crippen LogP contribution in [0.4, 0.5) is 0 Å². The predicted octanol–water partition coefficient (Wildman–Crippen LogP) is 1.86. The van der Waals surface area contributed by atoms with E-state index >= 15 is 0 Å². The van der Waals surface area contributed by atoms with Gasteiger partial charge in [0.05, 0.1) is 18.2 Å². The minimum atomic E-state index is -1.90. The van der Waals surface area contributed by atoms with E-state index in [1.807, 2.05) is 18.2 Å². The maximum absolute atomic E-state index is 12.6. The van der Waals surface area contributed by atoms with E-state index in [9.17, 15) is 25.4 Å². The predicted molar refractivity (Wildman–Crippen MR) is 83.5 cm³/mol. The molecule has 0 aliphatic heterocycles. The molecule has 6 nitrogen and oxygen atoms in total. The van der Waals surface area contributed by atoms with Gasteiger partial charge in [-0.1, -0.05) is 37.3 Å². The number of carbonyl (C=O) groups is 2. The molecule has 1 aliphatic rings. The Morgan fingerprint density at radius 3 is 2.25 bits per heavy atom. The third-order valence-electron chi connectivity index (χ3n) is 4.75. The molecule has 1 aromatic carbocycles. The second kappa shape index (κ2) is 5.99. The Morgan fingerprint density at radius 2 is 1.79 bits per heavy atom. The average Bonchev–Trinajstić information content (AvgIpc) is 2.79. The summed E-state index contributed by atoms with van der Waals surface area (Å²) < 4.78 is 0. The lowest BCUT2D eigenvalue weighted by Crippen LogP contribution is -2.43. The van der Waals surface area contributed by atoms with E-state index in [0.717, 1.165) is 0 Å². The zero-order valence-corrected chi connectivity index (χ0v) is 13.0. The Kier molecular flexibility index (Phi) is 4.22. The number of benzene rings is 1. The number of ketones is 1. The van der Waals surface area contributed by atoms with Gasteiger partial charge in [0.1, 0.15) is 11.7 Å². The fraction of sp³-hybridized carbons (Fsp3) is 0.278. The first-order valence-electron chi connectivity index (χ1n) is 7.21. The van der Waals surface area contributed by atoms with Crippen molar-refractivity contribution in [3.63, 3.8) is 0 Å². The van der Waals surface area contributed by atoms with Crippen LogP contribution in [0.1, 0.15) is 23.7 Å². The summed E-state index contributed by atoms with van der Waals surface area (Å²) in [6, 6.07) is 13.8. The maximum atomic E-state index is 12.6. The molecule has 0 aromatic heterocycles. The van der Waals surface area contributed by atoms with Crippen LogP contribution in [0, 0.1) is 50.7 Å². The minimum absolute atomic E-state index is 0.0283. The Bertz CT molecular complexity index is 838. The van der Waals surface area contributed by atoms with Crippen LogP contribution in [0.2, 0.25) is 0 Å². The summed E-state index contributed by atoms with van der Waals surface area (Å²) in [7, 11) is 0. The van der Waals surface area contributed by atoms with Crippen molar-refractivity contribution in [3.05, 3.63) is 47.2 Å². The third-order valence-corrected chi connectivity index (χ3v) is 4.75. The summed E-state index contributed by atoms with van der Waals surface area (Å²) in [5.74, 6) is -1.29. The first-order chi connectivity index (χ1) is 11.4. The Hall–Kier alpha value is -3.43. The van der Waals surface area contributed by atoms with Gasteiger partial charge in [-0.05, 0) is 0 Å². The van der Waals surface area contributed by atoms with Crippen molar-refractivity contribution in [2.24, 2.45) is 22.5 Å². The number of rotatable bonds is 4. The van der Waals surface area contributed by atoms with Crippen LogP contribution in [0.15, 0.2) is 41.6 Å². The van der Waals surface area contributed by atoms with Crippen LogP contribution in [0.5, 0.6) is 0 Å². The van der Waals surface area contributed by atoms with Gasteiger partial charge in [0.25, 0.3) is 0 Å². The zero-order valence-electron chi connectivity index (χ0n) is 13.0. The number of nitrogens with zero attached hydrogens (tertiary/aromatic N) is 3. The van der Waals surface area contributed by atoms with Crippen LogP contribution in [0.3, 0.4) is 0 Å². The number of hydrogen-bond donors (Lipinski definition) is 1. The van der Waals surface area contributed by atoms with Gasteiger partial charge in [-0.3, -0.25) is 9.59 Å². The number of allylic oxidation sites excluding steroid dienone is 2. The molecule has 2 N–H and O–H groups in total. The monoisotopic (exact) mass is 318 g/mol. The Labute approximate surface area is 139 Å². The standard InChI is InChI=1S/C18H14N4O2/c1-12-14(8-23)16(22)17(9-19,18(12,10-20)11-21)7-15(24)13-5-3-2-4-6-13/h2-6,8,12H,7,22H2,1H3/t12-,17+/m0/s1. The molecule has 0 bridgehead atoms. The van der Waals surface area contributed by atoms with Gasteiger partial charge in [0.15, 0.2) is 11.2 Å². The van der Waals surface area contributed by atoms with E-state index in [0.29, 0.717) is 11.8 Å². The Balaban J connectivity index is 2.65. The van der Waals surface area contributed by atoms with E-state index in [1.54, 1.807) is 30.3 Å². The molecule has 0 amide bonds. The van der Waals surface area contributed by atoms with Crippen molar-refractivity contribution in [2.75, 3.05) is 0 Å². The molecule has 0 unspecified atom stereocenters. The summed E-state index contributed by atoms with van der Waals surface area (Å²) in [4.78, 5) is 24.0. The average molecular weight is 318 g/mol. The summed E-state index contributed by atoms with van der Waals surface area (Å²) in [6.07, 6.45) is 0.0116. The van der Waals surface area contributed by atoms with Gasteiger partial charge in [0, 0.05) is 29.2 Å². The molecule has 0 heterocycles. The van der Waals surface area contributed by atoms with Gasteiger partial charge in [-0.15, -0.1) is 0 Å². The Morgan fingerprint density at radius 1 is 1.21 bits per heavy atom. The molecular weight excluding hydrogens is 304 g/mol. The number of aldehydes is 1. The number of Topliss-reactive ketones (excluding diaryl/α,β-unsaturated/α-hetero) is 1. The van der Waals surface area contributed by atoms with Crippen LogP contribution in [0.25, 0.3) is 0 Å². The molecule has 24 heavy (non-hydrogen) atoms. The van der Waals surface area contributed by atoms with E-state index in [1.165, 1.54) is 6.92 Å². The van der Waals surface area contributed by atoms with E-state index < -0.39 is 29.0 Å². The van der Waals surface area contributed by atoms with Crippen molar-refractivity contribution in [1.82, 2.24) is 0 Å². The summed E-state index contributed by atoms with van der Waals surface area (Å²) in [6.45, 7) is 1.50. The number of hydrogen-bond acceptors (Lipinski definition) is 6. The molecule has 0 fully saturated rings. The third kappa shape index (κ3) is 2.00. The lowest BCUT2D eigenvalue weighted by molar-refractivity contribution is -0.105. The quantitative estimate of drug-likeness (QED) is 0.665. The summed E-state index contributed by atoms with van der Waals surface area (Å²) >= 11 is 0. The molecule has 6 heteroatoms. The molecule has 2 rings (SSSR count). The summed E-state index contributed by atoms with van der Waals surface area (Å²) in [5, 5.41) is 29.0. The number of nitrogens with two attached hydrogens (primary N) is 1. The van der Waals surface area contributed by atoms with E-state index in [2.05, 4.69) is 0 Å². The summed E-state index contributed by atoms with van der Waals surface area (Å²) in [5.41, 5.74) is 2.44. The van der Waals surface area contributed by atoms with Gasteiger partial charge < -0.3 is 5.73 Å². The highest BCUT2D eigenvalue weighted by atomic mass is 16.1. The highest BCUT2D eigenvalue weighted by Gasteiger charge is 2.65. The zero-order chi connectivity index (χ0) is 18.0. The molecule has 2 atom stereocenters. The fourth-order valence-electron chi connectivity index (χ4n) is 3.26. The van der Waals surface area contributed by atoms with Crippen LogP contribution >= 0.6 is 0 Å². The van der Waals surface area contributed by atoms with Crippen molar-refractivity contribution in [1.29, 1.82) is 15.8 Å². The van der Waals surface area contributed by atoms with E-state index in [4.69, 9.17) is 5.73 Å². The fourth-order valence-corrected chi connectivity index (χ4v) is 3.26. The first kappa shape index (κ1) is 16.9. The molecule has 0 spiro atoms. The van der Waals surface area contributed by atoms with Crippen LogP contribution in [-0.4, -0.2) is 12.1 Å². The minimum Gasteiger partial charge on any atom is -0.400 e. The lowest BCUT2D eigenvalue weighted by Gasteiger charge is -2.33. The molecule has 0 radical (unpaired) electrons. The smallest absolute Gasteiger partial charge is 0.174 e. The molecule has 1 aliphatic carbocycles. The highest BCUT2D eigenvalue weighted by molar-refractivity contribution is 5.97.